The van der Waals surface area contributed by atoms with Gasteiger partial charge in [0.15, 0.2) is 11.5 Å². The van der Waals surface area contributed by atoms with Crippen LogP contribution in [0.4, 0.5) is 9.80 Å². The second-order valence-corrected chi connectivity index (χ2v) is 7.67. The van der Waals surface area contributed by atoms with E-state index in [1.165, 1.54) is 18.4 Å². The van der Waals surface area contributed by atoms with E-state index in [1.54, 1.807) is 30.0 Å². The van der Waals surface area contributed by atoms with Gasteiger partial charge in [0.05, 0.1) is 25.8 Å². The highest BCUT2D eigenvalue weighted by Gasteiger charge is 2.34. The zero-order chi connectivity index (χ0) is 19.8. The van der Waals surface area contributed by atoms with Crippen LogP contribution in [0.3, 0.4) is 0 Å². The standard InChI is InChI=1S/C19H21N3O5S/c1-3-27-19(25)22-7-6-11-14(9-22)28-18-15(11)17(24)20-16(21-18)10-4-5-13(26-2)12(23)8-10/h4-5,8,16,21,23H,3,6-7,9H2,1-2H3,(H,20,24)/t16-/m0/s1. The lowest BCUT2D eigenvalue weighted by molar-refractivity contribution is 0.0934. The number of ether oxygens (including phenoxy) is 2. The van der Waals surface area contributed by atoms with Crippen LogP contribution in [0.15, 0.2) is 18.2 Å². The van der Waals surface area contributed by atoms with Crippen molar-refractivity contribution in [3.63, 3.8) is 0 Å². The third-order valence-corrected chi connectivity index (χ3v) is 6.05. The first-order valence-electron chi connectivity index (χ1n) is 9.02. The van der Waals surface area contributed by atoms with Crippen LogP contribution in [0.1, 0.15) is 39.5 Å². The molecule has 1 aromatic carbocycles. The normalized spacial score (nSPS) is 17.9. The van der Waals surface area contributed by atoms with Gasteiger partial charge in [-0.3, -0.25) is 4.79 Å². The fraction of sp³-hybridized carbons (Fsp3) is 0.368. The van der Waals surface area contributed by atoms with E-state index in [9.17, 15) is 14.7 Å². The van der Waals surface area contributed by atoms with Crippen LogP contribution in [0, 0.1) is 0 Å². The summed E-state index contributed by atoms with van der Waals surface area (Å²) >= 11 is 1.48. The van der Waals surface area contributed by atoms with Crippen LogP contribution >= 0.6 is 11.3 Å². The van der Waals surface area contributed by atoms with Crippen molar-refractivity contribution >= 4 is 28.3 Å². The molecule has 0 unspecified atom stereocenters. The average Bonchev–Trinajstić information content (AvgIpc) is 3.06. The molecule has 0 saturated carbocycles. The van der Waals surface area contributed by atoms with Crippen molar-refractivity contribution in [2.24, 2.45) is 0 Å². The highest BCUT2D eigenvalue weighted by molar-refractivity contribution is 7.16. The van der Waals surface area contributed by atoms with E-state index >= 15 is 0 Å². The minimum absolute atomic E-state index is 0.0115. The Labute approximate surface area is 166 Å². The summed E-state index contributed by atoms with van der Waals surface area (Å²) in [5.41, 5.74) is 2.36. The summed E-state index contributed by atoms with van der Waals surface area (Å²) in [6, 6.07) is 5.01. The van der Waals surface area contributed by atoms with E-state index in [4.69, 9.17) is 9.47 Å². The predicted molar refractivity (Wildman–Crippen MR) is 104 cm³/mol. The molecule has 0 saturated heterocycles. The number of thiophene rings is 1. The predicted octanol–water partition coefficient (Wildman–Crippen LogP) is 2.83. The highest BCUT2D eigenvalue weighted by atomic mass is 32.1. The van der Waals surface area contributed by atoms with E-state index in [-0.39, 0.29) is 17.7 Å². The molecule has 28 heavy (non-hydrogen) atoms. The maximum absolute atomic E-state index is 12.8. The van der Waals surface area contributed by atoms with Gasteiger partial charge in [-0.1, -0.05) is 6.07 Å². The van der Waals surface area contributed by atoms with E-state index in [1.807, 2.05) is 0 Å². The Morgan fingerprint density at radius 3 is 2.93 bits per heavy atom. The number of amides is 2. The Balaban J connectivity index is 1.59. The SMILES string of the molecule is CCOC(=O)N1CCc2c(sc3c2C(=O)N[C@H](c2ccc(OC)c(O)c2)N3)C1. The van der Waals surface area contributed by atoms with Crippen molar-refractivity contribution in [3.8, 4) is 11.5 Å². The Kier molecular flexibility index (Phi) is 4.76. The lowest BCUT2D eigenvalue weighted by Crippen LogP contribution is -2.39. The molecule has 2 amide bonds. The molecule has 1 atom stereocenters. The molecule has 4 rings (SSSR count). The van der Waals surface area contributed by atoms with Crippen LogP contribution in [0.2, 0.25) is 0 Å². The molecule has 8 nitrogen and oxygen atoms in total. The van der Waals surface area contributed by atoms with E-state index < -0.39 is 6.17 Å². The molecule has 3 heterocycles. The Hall–Kier alpha value is -2.94. The van der Waals surface area contributed by atoms with Gasteiger partial charge < -0.3 is 30.1 Å². The summed E-state index contributed by atoms with van der Waals surface area (Å²) in [5.74, 6) is 0.228. The van der Waals surface area contributed by atoms with Crippen molar-refractivity contribution in [3.05, 3.63) is 39.8 Å². The first kappa shape index (κ1) is 18.4. The molecule has 0 bridgehead atoms. The minimum atomic E-state index is -0.460. The highest BCUT2D eigenvalue weighted by Crippen LogP contribution is 2.41. The van der Waals surface area contributed by atoms with Gasteiger partial charge in [-0.05, 0) is 36.6 Å². The van der Waals surface area contributed by atoms with Crippen LogP contribution in [-0.2, 0) is 17.7 Å². The van der Waals surface area contributed by atoms with Gasteiger partial charge in [-0.2, -0.15) is 0 Å². The van der Waals surface area contributed by atoms with Crippen LogP contribution < -0.4 is 15.4 Å². The zero-order valence-corrected chi connectivity index (χ0v) is 16.4. The number of phenols is 1. The molecule has 0 radical (unpaired) electrons. The Bertz CT molecular complexity index is 942. The lowest BCUT2D eigenvalue weighted by Gasteiger charge is -2.28. The maximum Gasteiger partial charge on any atom is 0.410 e. The van der Waals surface area contributed by atoms with E-state index in [0.29, 0.717) is 37.4 Å². The number of phenolic OH excluding ortho intramolecular Hbond substituents is 1. The summed E-state index contributed by atoms with van der Waals surface area (Å²) in [6.07, 6.45) is -0.176. The first-order chi connectivity index (χ1) is 13.5. The number of hydrogen-bond acceptors (Lipinski definition) is 7. The molecule has 0 spiro atoms. The number of nitrogens with zero attached hydrogens (tertiary/aromatic N) is 1. The van der Waals surface area contributed by atoms with Gasteiger partial charge in [0.25, 0.3) is 5.91 Å². The molecule has 148 valence electrons. The quantitative estimate of drug-likeness (QED) is 0.729. The number of benzene rings is 1. The van der Waals surface area contributed by atoms with E-state index in [0.717, 1.165) is 21.0 Å². The number of anilines is 1. The van der Waals surface area contributed by atoms with E-state index in [2.05, 4.69) is 10.6 Å². The summed E-state index contributed by atoms with van der Waals surface area (Å²) in [4.78, 5) is 27.5. The number of fused-ring (bicyclic) bond motifs is 3. The number of nitrogens with one attached hydrogen (secondary N) is 2. The molecule has 9 heteroatoms. The van der Waals surface area contributed by atoms with Gasteiger partial charge in [0.2, 0.25) is 0 Å². The molecule has 2 aromatic rings. The molecular formula is C19H21N3O5S. The largest absolute Gasteiger partial charge is 0.504 e. The Morgan fingerprint density at radius 2 is 2.21 bits per heavy atom. The van der Waals surface area contributed by atoms with Gasteiger partial charge in [0.1, 0.15) is 11.2 Å². The van der Waals surface area contributed by atoms with Crippen molar-refractivity contribution in [1.82, 2.24) is 10.2 Å². The zero-order valence-electron chi connectivity index (χ0n) is 15.6. The number of carbonyl (C=O) groups is 2. The third-order valence-electron chi connectivity index (χ3n) is 4.90. The summed E-state index contributed by atoms with van der Waals surface area (Å²) in [6.45, 7) is 3.08. The number of carbonyl (C=O) groups excluding carboxylic acids is 2. The smallest absolute Gasteiger partial charge is 0.410 e. The number of rotatable bonds is 3. The summed E-state index contributed by atoms with van der Waals surface area (Å²) in [5, 5.41) is 17.1. The average molecular weight is 403 g/mol. The molecule has 2 aliphatic heterocycles. The lowest BCUT2D eigenvalue weighted by atomic mass is 10.0. The number of aromatic hydroxyl groups is 1. The second kappa shape index (κ2) is 7.23. The summed E-state index contributed by atoms with van der Waals surface area (Å²) in [7, 11) is 1.48. The van der Waals surface area contributed by atoms with Crippen molar-refractivity contribution in [1.29, 1.82) is 0 Å². The van der Waals surface area contributed by atoms with Crippen molar-refractivity contribution in [2.45, 2.75) is 26.1 Å². The van der Waals surface area contributed by atoms with Crippen molar-refractivity contribution < 1.29 is 24.2 Å². The van der Waals surface area contributed by atoms with Crippen molar-refractivity contribution in [2.75, 3.05) is 25.6 Å². The minimum Gasteiger partial charge on any atom is -0.504 e. The topological polar surface area (TPSA) is 100 Å². The monoisotopic (exact) mass is 403 g/mol. The van der Waals surface area contributed by atoms with Gasteiger partial charge in [0, 0.05) is 11.4 Å². The molecule has 0 fully saturated rings. The van der Waals surface area contributed by atoms with Gasteiger partial charge in [-0.25, -0.2) is 4.79 Å². The van der Waals surface area contributed by atoms with Gasteiger partial charge >= 0.3 is 6.09 Å². The van der Waals surface area contributed by atoms with Gasteiger partial charge in [-0.15, -0.1) is 11.3 Å². The van der Waals surface area contributed by atoms with Crippen LogP contribution in [0.25, 0.3) is 0 Å². The number of methoxy groups -OCH3 is 1. The first-order valence-corrected chi connectivity index (χ1v) is 9.84. The molecule has 1 aromatic heterocycles. The molecule has 2 aliphatic rings. The summed E-state index contributed by atoms with van der Waals surface area (Å²) < 4.78 is 10.2. The van der Waals surface area contributed by atoms with Crippen LogP contribution in [0.5, 0.6) is 11.5 Å². The third kappa shape index (κ3) is 3.11. The Morgan fingerprint density at radius 1 is 1.39 bits per heavy atom. The fourth-order valence-electron chi connectivity index (χ4n) is 3.54. The van der Waals surface area contributed by atoms with Crippen LogP contribution in [-0.4, -0.2) is 42.3 Å². The number of hydrogen-bond donors (Lipinski definition) is 3. The maximum atomic E-state index is 12.8. The molecular weight excluding hydrogens is 382 g/mol. The molecule has 0 aliphatic carbocycles. The fourth-order valence-corrected chi connectivity index (χ4v) is 4.83. The molecule has 3 N–H and O–H groups in total. The second-order valence-electron chi connectivity index (χ2n) is 6.56.